The third-order valence-electron chi connectivity index (χ3n) is 4.36. The Labute approximate surface area is 166 Å². The van der Waals surface area contributed by atoms with Crippen LogP contribution in [-0.4, -0.2) is 44.6 Å². The number of hydrogen-bond donors (Lipinski definition) is 3. The van der Waals surface area contributed by atoms with Crippen LogP contribution in [0.15, 0.2) is 42.5 Å². The summed E-state index contributed by atoms with van der Waals surface area (Å²) in [5.41, 5.74) is 3.23. The molecular formula is C21H28N4O3. The number of ether oxygens (including phenoxy) is 1. The second kappa shape index (κ2) is 9.75. The quantitative estimate of drug-likeness (QED) is 0.683. The number of rotatable bonds is 7. The summed E-state index contributed by atoms with van der Waals surface area (Å²) in [5.74, 6) is 0.616. The predicted octanol–water partition coefficient (Wildman–Crippen LogP) is 3.39. The molecule has 3 N–H and O–H groups in total. The van der Waals surface area contributed by atoms with Crippen LogP contribution < -0.4 is 20.7 Å². The number of aryl methyl sites for hydroxylation is 1. The average molecular weight is 384 g/mol. The number of carbonyl (C=O) groups excluding carboxylic acids is 2. The molecule has 0 fully saturated rings. The third kappa shape index (κ3) is 5.99. The first-order valence-electron chi connectivity index (χ1n) is 9.03. The average Bonchev–Trinajstić information content (AvgIpc) is 2.64. The minimum absolute atomic E-state index is 0.00680. The lowest BCUT2D eigenvalue weighted by Crippen LogP contribution is -2.37. The molecular weight excluding hydrogens is 356 g/mol. The molecule has 0 aliphatic carbocycles. The monoisotopic (exact) mass is 384 g/mol. The summed E-state index contributed by atoms with van der Waals surface area (Å²) in [6, 6.07) is 12.9. The van der Waals surface area contributed by atoms with Gasteiger partial charge in [0.1, 0.15) is 5.75 Å². The first-order chi connectivity index (χ1) is 13.3. The Morgan fingerprint density at radius 3 is 2.50 bits per heavy atom. The van der Waals surface area contributed by atoms with Crippen molar-refractivity contribution in [2.75, 3.05) is 38.4 Å². The number of nitrogens with one attached hydrogen (secondary N) is 3. The van der Waals surface area contributed by atoms with Crippen LogP contribution in [0.1, 0.15) is 24.1 Å². The van der Waals surface area contributed by atoms with E-state index in [0.29, 0.717) is 17.9 Å². The smallest absolute Gasteiger partial charge is 0.319 e. The van der Waals surface area contributed by atoms with Gasteiger partial charge in [0, 0.05) is 24.8 Å². The van der Waals surface area contributed by atoms with Crippen molar-refractivity contribution in [1.82, 2.24) is 10.2 Å². The summed E-state index contributed by atoms with van der Waals surface area (Å²) in [6.45, 7) is 3.77. The van der Waals surface area contributed by atoms with Crippen LogP contribution >= 0.6 is 0 Å². The zero-order valence-electron chi connectivity index (χ0n) is 17.0. The molecule has 7 heteroatoms. The van der Waals surface area contributed by atoms with E-state index in [-0.39, 0.29) is 18.0 Å². The van der Waals surface area contributed by atoms with Gasteiger partial charge in [0.15, 0.2) is 0 Å². The molecule has 0 heterocycles. The first kappa shape index (κ1) is 21.2. The van der Waals surface area contributed by atoms with Gasteiger partial charge in [0.2, 0.25) is 5.91 Å². The standard InChI is InChI=1S/C21H28N4O3/c1-14-9-10-17(23-15(2)26)12-19(14)24-21(27)22-13-20(25(3)4)16-7-6-8-18(11-16)28-5/h6-12,20H,13H2,1-5H3,(H,23,26)(H2,22,24,27). The fraction of sp³-hybridized carbons (Fsp3) is 0.333. The molecule has 2 rings (SSSR count). The number of carbonyl (C=O) groups is 2. The number of nitrogens with zero attached hydrogens (tertiary/aromatic N) is 1. The summed E-state index contributed by atoms with van der Waals surface area (Å²) < 4.78 is 5.29. The number of likely N-dealkylation sites (N-methyl/N-ethyl adjacent to an activating group) is 1. The van der Waals surface area contributed by atoms with Gasteiger partial charge in [-0.2, -0.15) is 0 Å². The molecule has 7 nitrogen and oxygen atoms in total. The summed E-state index contributed by atoms with van der Waals surface area (Å²) in [4.78, 5) is 25.7. The Hall–Kier alpha value is -3.06. The van der Waals surface area contributed by atoms with E-state index in [4.69, 9.17) is 4.74 Å². The molecule has 1 atom stereocenters. The Balaban J connectivity index is 2.04. The number of amides is 3. The largest absolute Gasteiger partial charge is 0.497 e. The highest BCUT2D eigenvalue weighted by molar-refractivity contribution is 5.93. The van der Waals surface area contributed by atoms with Crippen molar-refractivity contribution in [2.24, 2.45) is 0 Å². The van der Waals surface area contributed by atoms with E-state index >= 15 is 0 Å². The van der Waals surface area contributed by atoms with Gasteiger partial charge in [-0.15, -0.1) is 0 Å². The summed E-state index contributed by atoms with van der Waals surface area (Å²) in [7, 11) is 5.56. The van der Waals surface area contributed by atoms with Crippen LogP contribution in [0.4, 0.5) is 16.2 Å². The molecule has 0 aromatic heterocycles. The van der Waals surface area contributed by atoms with E-state index in [1.807, 2.05) is 56.3 Å². The van der Waals surface area contributed by atoms with Crippen molar-refractivity contribution < 1.29 is 14.3 Å². The fourth-order valence-corrected chi connectivity index (χ4v) is 2.84. The third-order valence-corrected chi connectivity index (χ3v) is 4.36. The zero-order valence-corrected chi connectivity index (χ0v) is 17.0. The lowest BCUT2D eigenvalue weighted by Gasteiger charge is -2.25. The van der Waals surface area contributed by atoms with Crippen molar-refractivity contribution in [1.29, 1.82) is 0 Å². The van der Waals surface area contributed by atoms with Gasteiger partial charge in [-0.1, -0.05) is 18.2 Å². The maximum Gasteiger partial charge on any atom is 0.319 e. The molecule has 28 heavy (non-hydrogen) atoms. The Bertz CT molecular complexity index is 836. The van der Waals surface area contributed by atoms with Gasteiger partial charge in [0.05, 0.1) is 13.2 Å². The van der Waals surface area contributed by atoms with Gasteiger partial charge in [-0.05, 0) is 56.4 Å². The van der Waals surface area contributed by atoms with Gasteiger partial charge >= 0.3 is 6.03 Å². The second-order valence-corrected chi connectivity index (χ2v) is 6.80. The highest BCUT2D eigenvalue weighted by Gasteiger charge is 2.16. The highest BCUT2D eigenvalue weighted by Crippen LogP contribution is 2.23. The minimum atomic E-state index is -0.308. The maximum absolute atomic E-state index is 12.4. The number of urea groups is 1. The van der Waals surface area contributed by atoms with Crippen molar-refractivity contribution >= 4 is 23.3 Å². The van der Waals surface area contributed by atoms with Crippen LogP contribution in [0.25, 0.3) is 0 Å². The number of methoxy groups -OCH3 is 1. The van der Waals surface area contributed by atoms with E-state index in [0.717, 1.165) is 16.9 Å². The van der Waals surface area contributed by atoms with Crippen LogP contribution in [0, 0.1) is 6.92 Å². The van der Waals surface area contributed by atoms with E-state index in [2.05, 4.69) is 16.0 Å². The van der Waals surface area contributed by atoms with Crippen molar-refractivity contribution in [3.63, 3.8) is 0 Å². The van der Waals surface area contributed by atoms with E-state index in [1.165, 1.54) is 6.92 Å². The number of benzene rings is 2. The summed E-state index contributed by atoms with van der Waals surface area (Å²) in [6.07, 6.45) is 0. The zero-order chi connectivity index (χ0) is 20.7. The lowest BCUT2D eigenvalue weighted by molar-refractivity contribution is -0.114. The molecule has 0 spiro atoms. The minimum Gasteiger partial charge on any atom is -0.497 e. The Morgan fingerprint density at radius 2 is 1.86 bits per heavy atom. The second-order valence-electron chi connectivity index (χ2n) is 6.80. The summed E-state index contributed by atoms with van der Waals surface area (Å²) in [5, 5.41) is 8.48. The summed E-state index contributed by atoms with van der Waals surface area (Å²) >= 11 is 0. The van der Waals surface area contributed by atoms with E-state index < -0.39 is 0 Å². The van der Waals surface area contributed by atoms with Gasteiger partial charge in [0.25, 0.3) is 0 Å². The maximum atomic E-state index is 12.4. The molecule has 0 aliphatic rings. The Kier molecular flexibility index (Phi) is 7.40. The van der Waals surface area contributed by atoms with Crippen LogP contribution in [-0.2, 0) is 4.79 Å². The van der Waals surface area contributed by atoms with Gasteiger partial charge < -0.3 is 25.6 Å². The van der Waals surface area contributed by atoms with Crippen molar-refractivity contribution in [3.05, 3.63) is 53.6 Å². The van der Waals surface area contributed by atoms with Crippen molar-refractivity contribution in [3.8, 4) is 5.75 Å². The molecule has 0 saturated heterocycles. The number of hydrogen-bond acceptors (Lipinski definition) is 4. The highest BCUT2D eigenvalue weighted by atomic mass is 16.5. The van der Waals surface area contributed by atoms with E-state index in [1.54, 1.807) is 19.2 Å². The number of anilines is 2. The van der Waals surface area contributed by atoms with Crippen LogP contribution in [0.2, 0.25) is 0 Å². The molecule has 0 bridgehead atoms. The molecule has 150 valence electrons. The Morgan fingerprint density at radius 1 is 1.11 bits per heavy atom. The van der Waals surface area contributed by atoms with Crippen LogP contribution in [0.5, 0.6) is 5.75 Å². The van der Waals surface area contributed by atoms with Gasteiger partial charge in [-0.3, -0.25) is 4.79 Å². The SMILES string of the molecule is COc1cccc(C(CNC(=O)Nc2cc(NC(C)=O)ccc2C)N(C)C)c1. The molecule has 3 amide bonds. The van der Waals surface area contributed by atoms with E-state index in [9.17, 15) is 9.59 Å². The normalized spacial score (nSPS) is 11.6. The first-order valence-corrected chi connectivity index (χ1v) is 9.03. The molecule has 0 saturated carbocycles. The van der Waals surface area contributed by atoms with Gasteiger partial charge in [-0.25, -0.2) is 4.79 Å². The molecule has 2 aromatic carbocycles. The van der Waals surface area contributed by atoms with Crippen molar-refractivity contribution in [2.45, 2.75) is 19.9 Å². The predicted molar refractivity (Wildman–Crippen MR) is 112 cm³/mol. The molecule has 0 radical (unpaired) electrons. The molecule has 0 aliphatic heterocycles. The lowest BCUT2D eigenvalue weighted by atomic mass is 10.1. The topological polar surface area (TPSA) is 82.7 Å². The fourth-order valence-electron chi connectivity index (χ4n) is 2.84. The molecule has 2 aromatic rings. The molecule has 1 unspecified atom stereocenters. The van der Waals surface area contributed by atoms with Crippen LogP contribution in [0.3, 0.4) is 0 Å².